The minimum atomic E-state index is -1.05. The Morgan fingerprint density at radius 1 is 1.38 bits per heavy atom. The smallest absolute Gasteiger partial charge is 0.408 e. The van der Waals surface area contributed by atoms with E-state index in [2.05, 4.69) is 11.9 Å². The standard InChI is InChI=1S/C16H27NO4/c1-5-8-11-9-6-7-10-12(11)21-15(20)17-13(14(18)19)16(2,3)4/h5,11-13H,1,6-10H2,2-4H3,(H,17,20)(H,18,19)/t11-,12-,13-/m1/s1. The van der Waals surface area contributed by atoms with E-state index in [0.717, 1.165) is 32.1 Å². The Kier molecular flexibility index (Phi) is 6.24. The number of alkyl carbamates (subject to hydrolysis) is 1. The van der Waals surface area contributed by atoms with E-state index < -0.39 is 23.5 Å². The first kappa shape index (κ1) is 17.5. The Labute approximate surface area is 126 Å². The van der Waals surface area contributed by atoms with Crippen LogP contribution in [0.2, 0.25) is 0 Å². The van der Waals surface area contributed by atoms with Crippen LogP contribution in [-0.2, 0) is 9.53 Å². The zero-order valence-electron chi connectivity index (χ0n) is 13.2. The van der Waals surface area contributed by atoms with E-state index in [1.165, 1.54) is 0 Å². The van der Waals surface area contributed by atoms with Crippen LogP contribution in [0.15, 0.2) is 12.7 Å². The lowest BCUT2D eigenvalue weighted by Crippen LogP contribution is -2.50. The van der Waals surface area contributed by atoms with Crippen molar-refractivity contribution in [3.63, 3.8) is 0 Å². The van der Waals surface area contributed by atoms with Gasteiger partial charge in [0.2, 0.25) is 0 Å². The van der Waals surface area contributed by atoms with E-state index in [9.17, 15) is 14.7 Å². The molecule has 1 saturated carbocycles. The third kappa shape index (κ3) is 5.40. The fourth-order valence-corrected chi connectivity index (χ4v) is 2.75. The second-order valence-corrected chi connectivity index (χ2v) is 6.79. The van der Waals surface area contributed by atoms with Gasteiger partial charge in [0.15, 0.2) is 0 Å². The first-order valence-electron chi connectivity index (χ1n) is 7.56. The predicted octanol–water partition coefficient (Wildman–Crippen LogP) is 3.35. The summed E-state index contributed by atoms with van der Waals surface area (Å²) in [7, 11) is 0. The number of carbonyl (C=O) groups excluding carboxylic acids is 1. The van der Waals surface area contributed by atoms with Gasteiger partial charge in [-0.05, 0) is 37.0 Å². The molecule has 0 spiro atoms. The van der Waals surface area contributed by atoms with Crippen LogP contribution >= 0.6 is 0 Å². The maximum atomic E-state index is 12.0. The highest BCUT2D eigenvalue weighted by atomic mass is 16.6. The molecule has 3 atom stereocenters. The van der Waals surface area contributed by atoms with Gasteiger partial charge in [-0.3, -0.25) is 0 Å². The lowest BCUT2D eigenvalue weighted by Gasteiger charge is -2.32. The third-order valence-corrected chi connectivity index (χ3v) is 3.94. The van der Waals surface area contributed by atoms with Gasteiger partial charge in [-0.2, -0.15) is 0 Å². The summed E-state index contributed by atoms with van der Waals surface area (Å²) in [6.07, 6.45) is 5.90. The molecule has 5 heteroatoms. The molecule has 0 bridgehead atoms. The minimum absolute atomic E-state index is 0.147. The highest BCUT2D eigenvalue weighted by Crippen LogP contribution is 2.30. The zero-order valence-corrected chi connectivity index (χ0v) is 13.2. The maximum Gasteiger partial charge on any atom is 0.408 e. The number of hydrogen-bond acceptors (Lipinski definition) is 3. The molecule has 1 amide bonds. The SMILES string of the molecule is C=CC[C@@H]1CCCC[C@H]1OC(=O)N[C@H](C(=O)O)C(C)(C)C. The van der Waals surface area contributed by atoms with Crippen molar-refractivity contribution in [2.45, 2.75) is 65.0 Å². The highest BCUT2D eigenvalue weighted by molar-refractivity contribution is 5.80. The summed E-state index contributed by atoms with van der Waals surface area (Å²) in [4.78, 5) is 23.3. The topological polar surface area (TPSA) is 75.6 Å². The second-order valence-electron chi connectivity index (χ2n) is 6.79. The van der Waals surface area contributed by atoms with Gasteiger partial charge in [-0.1, -0.05) is 33.3 Å². The Balaban J connectivity index is 2.62. The number of aliphatic carboxylic acids is 1. The summed E-state index contributed by atoms with van der Waals surface area (Å²) in [6.45, 7) is 9.05. The normalized spacial score (nSPS) is 24.0. The van der Waals surface area contributed by atoms with Crippen molar-refractivity contribution in [3.8, 4) is 0 Å². The summed E-state index contributed by atoms with van der Waals surface area (Å²) < 4.78 is 5.47. The quantitative estimate of drug-likeness (QED) is 0.763. The van der Waals surface area contributed by atoms with Crippen molar-refractivity contribution in [1.29, 1.82) is 0 Å². The van der Waals surface area contributed by atoms with Crippen LogP contribution in [-0.4, -0.2) is 29.3 Å². The zero-order chi connectivity index (χ0) is 16.0. The van der Waals surface area contributed by atoms with Gasteiger partial charge >= 0.3 is 12.1 Å². The van der Waals surface area contributed by atoms with Crippen molar-refractivity contribution in [2.24, 2.45) is 11.3 Å². The molecule has 0 saturated heterocycles. The Hall–Kier alpha value is -1.52. The number of rotatable bonds is 5. The molecule has 120 valence electrons. The van der Waals surface area contributed by atoms with Gasteiger partial charge in [-0.15, -0.1) is 6.58 Å². The van der Waals surface area contributed by atoms with Crippen LogP contribution in [0.5, 0.6) is 0 Å². The molecule has 0 unspecified atom stereocenters. The number of carbonyl (C=O) groups is 2. The summed E-state index contributed by atoms with van der Waals surface area (Å²) >= 11 is 0. The molecular formula is C16H27NO4. The lowest BCUT2D eigenvalue weighted by atomic mass is 9.84. The van der Waals surface area contributed by atoms with Crippen LogP contribution in [0.1, 0.15) is 52.9 Å². The third-order valence-electron chi connectivity index (χ3n) is 3.94. The molecule has 1 fully saturated rings. The van der Waals surface area contributed by atoms with Crippen molar-refractivity contribution < 1.29 is 19.4 Å². The monoisotopic (exact) mass is 297 g/mol. The van der Waals surface area contributed by atoms with Crippen LogP contribution < -0.4 is 5.32 Å². The first-order valence-corrected chi connectivity index (χ1v) is 7.56. The molecule has 0 radical (unpaired) electrons. The lowest BCUT2D eigenvalue weighted by molar-refractivity contribution is -0.142. The molecule has 2 N–H and O–H groups in total. The van der Waals surface area contributed by atoms with Crippen LogP contribution in [0.4, 0.5) is 4.79 Å². The van der Waals surface area contributed by atoms with E-state index >= 15 is 0 Å². The van der Waals surface area contributed by atoms with E-state index in [1.807, 2.05) is 6.08 Å². The largest absolute Gasteiger partial charge is 0.480 e. The van der Waals surface area contributed by atoms with E-state index in [1.54, 1.807) is 20.8 Å². The Morgan fingerprint density at radius 3 is 2.52 bits per heavy atom. The van der Waals surface area contributed by atoms with Crippen molar-refractivity contribution in [1.82, 2.24) is 5.32 Å². The van der Waals surface area contributed by atoms with Gasteiger partial charge < -0.3 is 15.2 Å². The summed E-state index contributed by atoms with van der Waals surface area (Å²) in [6, 6.07) is -0.966. The first-order chi connectivity index (χ1) is 9.75. The molecule has 0 aromatic rings. The summed E-state index contributed by atoms with van der Waals surface area (Å²) in [5.74, 6) is -0.759. The Morgan fingerprint density at radius 2 is 2.00 bits per heavy atom. The fraction of sp³-hybridized carbons (Fsp3) is 0.750. The number of ether oxygens (including phenoxy) is 1. The van der Waals surface area contributed by atoms with Gasteiger partial charge in [-0.25, -0.2) is 9.59 Å². The molecule has 1 aliphatic rings. The summed E-state index contributed by atoms with van der Waals surface area (Å²) in [5.41, 5.74) is -0.571. The van der Waals surface area contributed by atoms with Gasteiger partial charge in [0.1, 0.15) is 12.1 Å². The molecule has 0 aromatic heterocycles. The van der Waals surface area contributed by atoms with Crippen molar-refractivity contribution >= 4 is 12.1 Å². The predicted molar refractivity (Wildman–Crippen MR) is 81.1 cm³/mol. The van der Waals surface area contributed by atoms with Crippen LogP contribution in [0.3, 0.4) is 0 Å². The molecule has 0 heterocycles. The van der Waals surface area contributed by atoms with Crippen molar-refractivity contribution in [3.05, 3.63) is 12.7 Å². The minimum Gasteiger partial charge on any atom is -0.480 e. The highest BCUT2D eigenvalue weighted by Gasteiger charge is 2.34. The molecule has 1 rings (SSSR count). The molecule has 0 aliphatic heterocycles. The van der Waals surface area contributed by atoms with E-state index in [-0.39, 0.29) is 6.10 Å². The van der Waals surface area contributed by atoms with Crippen LogP contribution in [0, 0.1) is 11.3 Å². The number of amides is 1. The second kappa shape index (κ2) is 7.48. The number of nitrogens with one attached hydrogen (secondary N) is 1. The molecular weight excluding hydrogens is 270 g/mol. The van der Waals surface area contributed by atoms with E-state index in [4.69, 9.17) is 4.74 Å². The number of carboxylic acid groups (broad SMARTS) is 1. The molecule has 21 heavy (non-hydrogen) atoms. The fourth-order valence-electron chi connectivity index (χ4n) is 2.75. The number of carboxylic acids is 1. The average molecular weight is 297 g/mol. The Bertz CT molecular complexity index is 386. The average Bonchev–Trinajstić information content (AvgIpc) is 2.37. The maximum absolute atomic E-state index is 12.0. The number of allylic oxidation sites excluding steroid dienone is 1. The van der Waals surface area contributed by atoms with Gasteiger partial charge in [0.25, 0.3) is 0 Å². The van der Waals surface area contributed by atoms with Gasteiger partial charge in [0.05, 0.1) is 0 Å². The molecule has 0 aromatic carbocycles. The van der Waals surface area contributed by atoms with Crippen LogP contribution in [0.25, 0.3) is 0 Å². The molecule has 5 nitrogen and oxygen atoms in total. The van der Waals surface area contributed by atoms with Gasteiger partial charge in [0, 0.05) is 0 Å². The molecule has 1 aliphatic carbocycles. The van der Waals surface area contributed by atoms with E-state index in [0.29, 0.717) is 5.92 Å². The number of hydrogen-bond donors (Lipinski definition) is 2. The van der Waals surface area contributed by atoms with Crippen molar-refractivity contribution in [2.75, 3.05) is 0 Å². The summed E-state index contributed by atoms with van der Waals surface area (Å²) in [5, 5.41) is 11.7.